The second-order valence-corrected chi connectivity index (χ2v) is 4.71. The van der Waals surface area contributed by atoms with Crippen molar-refractivity contribution in [2.45, 2.75) is 13.3 Å². The van der Waals surface area contributed by atoms with Crippen molar-refractivity contribution >= 4 is 5.78 Å². The van der Waals surface area contributed by atoms with Gasteiger partial charge in [-0.25, -0.2) is 4.39 Å². The topological polar surface area (TPSA) is 35.5 Å². The Balaban J connectivity index is 2.36. The van der Waals surface area contributed by atoms with Gasteiger partial charge in [-0.3, -0.25) is 4.79 Å². The highest BCUT2D eigenvalue weighted by atomic mass is 19.1. The van der Waals surface area contributed by atoms with Crippen LogP contribution < -0.4 is 9.47 Å². The van der Waals surface area contributed by atoms with Gasteiger partial charge < -0.3 is 9.47 Å². The number of carbonyl (C=O) groups is 1. The number of halogens is 1. The minimum absolute atomic E-state index is 0.126. The summed E-state index contributed by atoms with van der Waals surface area (Å²) in [5.74, 6) is 0.510. The van der Waals surface area contributed by atoms with Crippen LogP contribution in [-0.4, -0.2) is 20.0 Å². The molecule has 0 saturated heterocycles. The fraction of sp³-hybridized carbons (Fsp3) is 0.235. The van der Waals surface area contributed by atoms with Gasteiger partial charge >= 0.3 is 0 Å². The number of ether oxygens (including phenoxy) is 2. The molecule has 0 atom stereocenters. The molecule has 0 heterocycles. The lowest BCUT2D eigenvalue weighted by molar-refractivity contribution is 0.0986. The summed E-state index contributed by atoms with van der Waals surface area (Å²) >= 11 is 0. The average Bonchev–Trinajstić information content (AvgIpc) is 2.49. The third-order valence-corrected chi connectivity index (χ3v) is 3.36. The Bertz CT molecular complexity index is 643. The van der Waals surface area contributed by atoms with Crippen molar-refractivity contribution in [3.05, 3.63) is 58.9 Å². The maximum atomic E-state index is 13.1. The third kappa shape index (κ3) is 3.21. The fourth-order valence-corrected chi connectivity index (χ4v) is 2.25. The lowest BCUT2D eigenvalue weighted by Crippen LogP contribution is -2.09. The van der Waals surface area contributed by atoms with E-state index in [1.165, 1.54) is 26.4 Å². The molecule has 0 aliphatic rings. The van der Waals surface area contributed by atoms with E-state index in [2.05, 4.69) is 0 Å². The first-order valence-electron chi connectivity index (χ1n) is 6.56. The highest BCUT2D eigenvalue weighted by Gasteiger charge is 2.19. The summed E-state index contributed by atoms with van der Waals surface area (Å²) in [6.07, 6.45) is 0.169. The molecule has 21 heavy (non-hydrogen) atoms. The zero-order valence-electron chi connectivity index (χ0n) is 12.3. The van der Waals surface area contributed by atoms with Crippen LogP contribution in [0.15, 0.2) is 36.4 Å². The van der Waals surface area contributed by atoms with Gasteiger partial charge in [0, 0.05) is 6.42 Å². The molecule has 0 spiro atoms. The number of hydrogen-bond donors (Lipinski definition) is 0. The van der Waals surface area contributed by atoms with Crippen molar-refractivity contribution in [3.63, 3.8) is 0 Å². The molecule has 0 bridgehead atoms. The first-order chi connectivity index (χ1) is 10.1. The second kappa shape index (κ2) is 6.39. The van der Waals surface area contributed by atoms with E-state index in [-0.39, 0.29) is 18.0 Å². The van der Waals surface area contributed by atoms with Crippen molar-refractivity contribution in [2.75, 3.05) is 14.2 Å². The zero-order chi connectivity index (χ0) is 15.4. The number of methoxy groups -OCH3 is 2. The summed E-state index contributed by atoms with van der Waals surface area (Å²) < 4.78 is 23.6. The van der Waals surface area contributed by atoms with Gasteiger partial charge in [0.15, 0.2) is 5.78 Å². The Hall–Kier alpha value is -2.36. The van der Waals surface area contributed by atoms with Gasteiger partial charge in [0.1, 0.15) is 22.9 Å². The van der Waals surface area contributed by atoms with E-state index in [1.807, 2.05) is 0 Å². The van der Waals surface area contributed by atoms with Crippen LogP contribution in [0.4, 0.5) is 4.39 Å². The summed E-state index contributed by atoms with van der Waals surface area (Å²) in [5.41, 5.74) is 1.94. The van der Waals surface area contributed by atoms with Crippen LogP contribution >= 0.6 is 0 Å². The highest BCUT2D eigenvalue weighted by molar-refractivity contribution is 6.02. The minimum atomic E-state index is -0.307. The molecule has 0 amide bonds. The van der Waals surface area contributed by atoms with Crippen LogP contribution in [0, 0.1) is 12.7 Å². The highest BCUT2D eigenvalue weighted by Crippen LogP contribution is 2.29. The lowest BCUT2D eigenvalue weighted by Gasteiger charge is -2.12. The van der Waals surface area contributed by atoms with Gasteiger partial charge in [0.25, 0.3) is 0 Å². The Morgan fingerprint density at radius 2 is 1.71 bits per heavy atom. The molecule has 3 nitrogen and oxygen atoms in total. The minimum Gasteiger partial charge on any atom is -0.496 e. The van der Waals surface area contributed by atoms with E-state index in [4.69, 9.17) is 9.47 Å². The molecule has 2 aromatic rings. The third-order valence-electron chi connectivity index (χ3n) is 3.36. The van der Waals surface area contributed by atoms with Crippen molar-refractivity contribution < 1.29 is 18.7 Å². The SMILES string of the molecule is COc1cccc(OC)c1C(=O)Cc1ccc(F)cc1C. The maximum Gasteiger partial charge on any atom is 0.174 e. The quantitative estimate of drug-likeness (QED) is 0.789. The molecule has 110 valence electrons. The van der Waals surface area contributed by atoms with Gasteiger partial charge in [-0.2, -0.15) is 0 Å². The van der Waals surface area contributed by atoms with Crippen LogP contribution in [0.3, 0.4) is 0 Å². The Kier molecular flexibility index (Phi) is 4.58. The van der Waals surface area contributed by atoms with E-state index in [1.54, 1.807) is 31.2 Å². The summed E-state index contributed by atoms with van der Waals surface area (Å²) in [5, 5.41) is 0. The molecule has 0 radical (unpaired) electrons. The predicted octanol–water partition coefficient (Wildman–Crippen LogP) is 3.58. The molecule has 2 aromatic carbocycles. The number of hydrogen-bond acceptors (Lipinski definition) is 3. The molecular formula is C17H17FO3. The molecule has 4 heteroatoms. The van der Waals surface area contributed by atoms with Crippen molar-refractivity contribution in [1.82, 2.24) is 0 Å². The summed E-state index contributed by atoms with van der Waals surface area (Å²) in [7, 11) is 3.02. The monoisotopic (exact) mass is 288 g/mol. The van der Waals surface area contributed by atoms with Crippen molar-refractivity contribution in [2.24, 2.45) is 0 Å². The smallest absolute Gasteiger partial charge is 0.174 e. The Morgan fingerprint density at radius 1 is 1.10 bits per heavy atom. The molecule has 0 N–H and O–H groups in total. The summed E-state index contributed by atoms with van der Waals surface area (Å²) in [4.78, 5) is 12.6. The van der Waals surface area contributed by atoms with Gasteiger partial charge in [-0.05, 0) is 42.3 Å². The van der Waals surface area contributed by atoms with Crippen molar-refractivity contribution in [3.8, 4) is 11.5 Å². The summed E-state index contributed by atoms with van der Waals surface area (Å²) in [6, 6.07) is 9.60. The number of aryl methyl sites for hydroxylation is 1. The predicted molar refractivity (Wildman–Crippen MR) is 78.7 cm³/mol. The van der Waals surface area contributed by atoms with E-state index in [0.29, 0.717) is 17.1 Å². The maximum absolute atomic E-state index is 13.1. The molecule has 0 fully saturated rings. The molecule has 0 aliphatic heterocycles. The number of rotatable bonds is 5. The molecule has 0 unspecified atom stereocenters. The molecule has 0 saturated carbocycles. The number of ketones is 1. The van der Waals surface area contributed by atoms with Crippen LogP contribution in [0.1, 0.15) is 21.5 Å². The van der Waals surface area contributed by atoms with Gasteiger partial charge in [0.05, 0.1) is 14.2 Å². The first-order valence-corrected chi connectivity index (χ1v) is 6.56. The number of benzene rings is 2. The van der Waals surface area contributed by atoms with E-state index in [9.17, 15) is 9.18 Å². The molecule has 0 aromatic heterocycles. The largest absolute Gasteiger partial charge is 0.496 e. The van der Waals surface area contributed by atoms with E-state index in [0.717, 1.165) is 11.1 Å². The average molecular weight is 288 g/mol. The van der Waals surface area contributed by atoms with E-state index < -0.39 is 0 Å². The molecule has 0 aliphatic carbocycles. The second-order valence-electron chi connectivity index (χ2n) is 4.71. The molecule has 2 rings (SSSR count). The Morgan fingerprint density at radius 3 is 2.24 bits per heavy atom. The fourth-order valence-electron chi connectivity index (χ4n) is 2.25. The van der Waals surface area contributed by atoms with Gasteiger partial charge in [-0.15, -0.1) is 0 Å². The van der Waals surface area contributed by atoms with E-state index >= 15 is 0 Å². The van der Waals surface area contributed by atoms with Crippen LogP contribution in [0.2, 0.25) is 0 Å². The molecular weight excluding hydrogens is 271 g/mol. The van der Waals surface area contributed by atoms with Crippen LogP contribution in [-0.2, 0) is 6.42 Å². The van der Waals surface area contributed by atoms with Gasteiger partial charge in [-0.1, -0.05) is 12.1 Å². The van der Waals surface area contributed by atoms with Gasteiger partial charge in [0.2, 0.25) is 0 Å². The van der Waals surface area contributed by atoms with Crippen LogP contribution in [0.25, 0.3) is 0 Å². The number of carbonyl (C=O) groups excluding carboxylic acids is 1. The number of Topliss-reactive ketones (excluding diaryl/α,β-unsaturated/α-hetero) is 1. The zero-order valence-corrected chi connectivity index (χ0v) is 12.3. The summed E-state index contributed by atoms with van der Waals surface area (Å²) in [6.45, 7) is 1.78. The Labute approximate surface area is 123 Å². The first kappa shape index (κ1) is 15.0. The standard InChI is InChI=1S/C17H17FO3/c1-11-9-13(18)8-7-12(11)10-14(19)17-15(20-2)5-4-6-16(17)21-3/h4-9H,10H2,1-3H3. The normalized spacial score (nSPS) is 10.3. The lowest BCUT2D eigenvalue weighted by atomic mass is 9.98. The van der Waals surface area contributed by atoms with Crippen molar-refractivity contribution in [1.29, 1.82) is 0 Å². The van der Waals surface area contributed by atoms with Crippen LogP contribution in [0.5, 0.6) is 11.5 Å².